The highest BCUT2D eigenvalue weighted by Crippen LogP contribution is 2.28. The number of hydrogen-bond acceptors (Lipinski definition) is 3. The van der Waals surface area contributed by atoms with Crippen molar-refractivity contribution in [2.75, 3.05) is 13.1 Å². The number of carbonyl (C=O) groups is 2. The van der Waals surface area contributed by atoms with E-state index in [1.165, 1.54) is 19.3 Å². The molecule has 0 bridgehead atoms. The molecule has 5 nitrogen and oxygen atoms in total. The van der Waals surface area contributed by atoms with Gasteiger partial charge in [-0.05, 0) is 18.4 Å². The molecule has 1 amide bonds. The van der Waals surface area contributed by atoms with Crippen molar-refractivity contribution in [3.63, 3.8) is 0 Å². The maximum atomic E-state index is 12.9. The van der Waals surface area contributed by atoms with Crippen molar-refractivity contribution in [1.29, 1.82) is 0 Å². The summed E-state index contributed by atoms with van der Waals surface area (Å²) < 4.78 is 0. The highest BCUT2D eigenvalue weighted by atomic mass is 16.4. The first-order valence-electron chi connectivity index (χ1n) is 8.95. The summed E-state index contributed by atoms with van der Waals surface area (Å²) in [5.74, 6) is -0.922. The fraction of sp³-hybridized carbons (Fsp3) is 0.579. The average Bonchev–Trinajstić information content (AvgIpc) is 2.60. The van der Waals surface area contributed by atoms with Crippen molar-refractivity contribution in [3.8, 4) is 0 Å². The molecule has 1 heterocycles. The largest absolute Gasteiger partial charge is 0.481 e. The fourth-order valence-corrected chi connectivity index (χ4v) is 4.04. The Morgan fingerprint density at radius 2 is 1.79 bits per heavy atom. The number of hydrogen-bond donors (Lipinski definition) is 1. The Bertz CT molecular complexity index is 569. The number of piperazine rings is 1. The van der Waals surface area contributed by atoms with Crippen LogP contribution in [-0.4, -0.2) is 52.0 Å². The molecule has 1 saturated carbocycles. The molecule has 2 aliphatic rings. The second kappa shape index (κ2) is 7.79. The zero-order chi connectivity index (χ0) is 16.9. The first kappa shape index (κ1) is 17.0. The lowest BCUT2D eigenvalue weighted by Crippen LogP contribution is -2.60. The third-order valence-corrected chi connectivity index (χ3v) is 5.25. The van der Waals surface area contributed by atoms with E-state index in [1.807, 2.05) is 35.2 Å². The highest BCUT2D eigenvalue weighted by Gasteiger charge is 2.39. The zero-order valence-electron chi connectivity index (χ0n) is 14.1. The van der Waals surface area contributed by atoms with E-state index in [-0.39, 0.29) is 12.3 Å². The van der Waals surface area contributed by atoms with Crippen molar-refractivity contribution in [1.82, 2.24) is 9.80 Å². The molecule has 3 rings (SSSR count). The van der Waals surface area contributed by atoms with E-state index in [4.69, 9.17) is 0 Å². The number of nitrogens with zero attached hydrogens (tertiary/aromatic N) is 2. The Labute approximate surface area is 143 Å². The summed E-state index contributed by atoms with van der Waals surface area (Å²) in [6, 6.07) is 9.76. The van der Waals surface area contributed by atoms with Gasteiger partial charge in [0.2, 0.25) is 5.91 Å². The lowest BCUT2D eigenvalue weighted by molar-refractivity contribution is -0.151. The van der Waals surface area contributed by atoms with Gasteiger partial charge >= 0.3 is 5.97 Å². The van der Waals surface area contributed by atoms with Crippen LogP contribution in [0.15, 0.2) is 30.3 Å². The van der Waals surface area contributed by atoms with Crippen LogP contribution in [-0.2, 0) is 16.1 Å². The smallest absolute Gasteiger partial charge is 0.305 e. The summed E-state index contributed by atoms with van der Waals surface area (Å²) in [5, 5.41) is 9.28. The third-order valence-electron chi connectivity index (χ3n) is 5.25. The summed E-state index contributed by atoms with van der Waals surface area (Å²) in [5.41, 5.74) is 1.09. The van der Waals surface area contributed by atoms with Gasteiger partial charge in [0.1, 0.15) is 6.04 Å². The molecule has 2 fully saturated rings. The molecule has 1 aromatic carbocycles. The Balaban J connectivity index is 1.73. The second-order valence-electron chi connectivity index (χ2n) is 6.89. The van der Waals surface area contributed by atoms with Crippen LogP contribution in [0.5, 0.6) is 0 Å². The van der Waals surface area contributed by atoms with Gasteiger partial charge in [0.15, 0.2) is 0 Å². The van der Waals surface area contributed by atoms with Gasteiger partial charge < -0.3 is 10.0 Å². The summed E-state index contributed by atoms with van der Waals surface area (Å²) in [7, 11) is 0. The zero-order valence-corrected chi connectivity index (χ0v) is 14.1. The number of carboxylic acids is 1. The second-order valence-corrected chi connectivity index (χ2v) is 6.89. The van der Waals surface area contributed by atoms with Crippen LogP contribution in [0.4, 0.5) is 0 Å². The van der Waals surface area contributed by atoms with Crippen molar-refractivity contribution in [3.05, 3.63) is 35.9 Å². The van der Waals surface area contributed by atoms with E-state index < -0.39 is 12.0 Å². The molecule has 1 aromatic rings. The van der Waals surface area contributed by atoms with Gasteiger partial charge in [-0.25, -0.2) is 0 Å². The average molecular weight is 330 g/mol. The quantitative estimate of drug-likeness (QED) is 0.901. The molecular formula is C19H26N2O3. The van der Waals surface area contributed by atoms with Crippen LogP contribution in [0.1, 0.15) is 44.1 Å². The van der Waals surface area contributed by atoms with E-state index >= 15 is 0 Å². The number of aliphatic carboxylic acids is 1. The van der Waals surface area contributed by atoms with E-state index in [0.717, 1.165) is 24.9 Å². The predicted octanol–water partition coefficient (Wildman–Crippen LogP) is 2.51. The van der Waals surface area contributed by atoms with E-state index in [1.54, 1.807) is 0 Å². The molecule has 5 heteroatoms. The Hall–Kier alpha value is -1.88. The molecule has 1 unspecified atom stereocenters. The molecule has 1 saturated heterocycles. The van der Waals surface area contributed by atoms with Gasteiger partial charge in [-0.3, -0.25) is 14.5 Å². The maximum Gasteiger partial charge on any atom is 0.305 e. The minimum Gasteiger partial charge on any atom is -0.481 e. The van der Waals surface area contributed by atoms with Crippen LogP contribution in [0, 0.1) is 0 Å². The van der Waals surface area contributed by atoms with Crippen LogP contribution in [0.2, 0.25) is 0 Å². The maximum absolute atomic E-state index is 12.9. The molecule has 130 valence electrons. The highest BCUT2D eigenvalue weighted by molar-refractivity contribution is 5.87. The van der Waals surface area contributed by atoms with Crippen LogP contribution < -0.4 is 0 Å². The third kappa shape index (κ3) is 3.96. The van der Waals surface area contributed by atoms with Crippen LogP contribution in [0.3, 0.4) is 0 Å². The molecule has 0 spiro atoms. The van der Waals surface area contributed by atoms with Gasteiger partial charge in [-0.1, -0.05) is 49.6 Å². The van der Waals surface area contributed by atoms with Crippen molar-refractivity contribution < 1.29 is 14.7 Å². The molecule has 1 atom stereocenters. The van der Waals surface area contributed by atoms with Crippen LogP contribution >= 0.6 is 0 Å². The summed E-state index contributed by atoms with van der Waals surface area (Å²) in [4.78, 5) is 28.2. The molecular weight excluding hydrogens is 304 g/mol. The number of amides is 1. The van der Waals surface area contributed by atoms with Crippen molar-refractivity contribution in [2.24, 2.45) is 0 Å². The number of carbonyl (C=O) groups excluding carboxylic acids is 1. The topological polar surface area (TPSA) is 60.9 Å². The van der Waals surface area contributed by atoms with E-state index in [9.17, 15) is 14.7 Å². The Kier molecular flexibility index (Phi) is 5.51. The predicted molar refractivity (Wildman–Crippen MR) is 91.5 cm³/mol. The standard InChI is InChI=1S/C19H26N2O3/c22-18(23)13-17-19(24)20(14-15-7-3-1-4-8-15)11-12-21(17)16-9-5-2-6-10-16/h1,3-4,7-8,16-17H,2,5-6,9-14H2,(H,22,23). The summed E-state index contributed by atoms with van der Waals surface area (Å²) >= 11 is 0. The van der Waals surface area contributed by atoms with Gasteiger partial charge in [0, 0.05) is 25.7 Å². The minimum absolute atomic E-state index is 0.0296. The number of carboxylic acid groups (broad SMARTS) is 1. The monoisotopic (exact) mass is 330 g/mol. The summed E-state index contributed by atoms with van der Waals surface area (Å²) in [6.07, 6.45) is 5.69. The molecule has 0 radical (unpaired) electrons. The minimum atomic E-state index is -0.893. The van der Waals surface area contributed by atoms with E-state index in [2.05, 4.69) is 4.90 Å². The molecule has 1 aliphatic heterocycles. The lowest BCUT2D eigenvalue weighted by Gasteiger charge is -2.45. The first-order valence-corrected chi connectivity index (χ1v) is 8.95. The van der Waals surface area contributed by atoms with Crippen LogP contribution in [0.25, 0.3) is 0 Å². The fourth-order valence-electron chi connectivity index (χ4n) is 4.04. The summed E-state index contributed by atoms with van der Waals surface area (Å²) in [6.45, 7) is 2.02. The van der Waals surface area contributed by atoms with E-state index in [0.29, 0.717) is 19.1 Å². The molecule has 24 heavy (non-hydrogen) atoms. The van der Waals surface area contributed by atoms with Gasteiger partial charge in [-0.2, -0.15) is 0 Å². The first-order chi connectivity index (χ1) is 11.6. The number of benzene rings is 1. The Morgan fingerprint density at radius 3 is 2.46 bits per heavy atom. The SMILES string of the molecule is O=C(O)CC1C(=O)N(Cc2ccccc2)CCN1C1CCCCC1. The molecule has 1 N–H and O–H groups in total. The van der Waals surface area contributed by atoms with Gasteiger partial charge in [0.05, 0.1) is 6.42 Å². The van der Waals surface area contributed by atoms with Gasteiger partial charge in [0.25, 0.3) is 0 Å². The molecule has 1 aliphatic carbocycles. The van der Waals surface area contributed by atoms with Crippen molar-refractivity contribution in [2.45, 2.75) is 57.2 Å². The number of rotatable bonds is 5. The lowest BCUT2D eigenvalue weighted by atomic mass is 9.91. The van der Waals surface area contributed by atoms with Gasteiger partial charge in [-0.15, -0.1) is 0 Å². The van der Waals surface area contributed by atoms with Crippen molar-refractivity contribution >= 4 is 11.9 Å². The normalized spacial score (nSPS) is 23.4. The molecule has 0 aromatic heterocycles. The Morgan fingerprint density at radius 1 is 1.08 bits per heavy atom.